The van der Waals surface area contributed by atoms with Crippen molar-refractivity contribution in [1.82, 2.24) is 19.1 Å². The molecule has 0 unspecified atom stereocenters. The highest BCUT2D eigenvalue weighted by Gasteiger charge is 2.27. The van der Waals surface area contributed by atoms with E-state index in [9.17, 15) is 9.59 Å². The van der Waals surface area contributed by atoms with Gasteiger partial charge in [0.2, 0.25) is 0 Å². The molecule has 0 bridgehead atoms. The lowest BCUT2D eigenvalue weighted by molar-refractivity contribution is 0.0598. The second-order valence-electron chi connectivity index (χ2n) is 6.64. The van der Waals surface area contributed by atoms with Crippen LogP contribution in [0.25, 0.3) is 0 Å². The third kappa shape index (κ3) is 3.95. The minimum Gasteiger partial charge on any atom is -0.490 e. The molecule has 140 valence electrons. The van der Waals surface area contributed by atoms with Crippen LogP contribution in [0, 0.1) is 6.92 Å². The molecule has 0 aliphatic carbocycles. The molecule has 2 aromatic rings. The number of rotatable bonds is 5. The number of hydrogen-bond donors (Lipinski definition) is 0. The molecular weight excluding hydrogens is 352 g/mol. The van der Waals surface area contributed by atoms with E-state index >= 15 is 0 Å². The summed E-state index contributed by atoms with van der Waals surface area (Å²) in [5.74, 6) is 0.624. The molecule has 0 saturated carbocycles. The van der Waals surface area contributed by atoms with Crippen molar-refractivity contribution < 1.29 is 9.53 Å². The van der Waals surface area contributed by atoms with Crippen molar-refractivity contribution in [2.75, 3.05) is 13.1 Å². The van der Waals surface area contributed by atoms with Gasteiger partial charge in [-0.05, 0) is 30.9 Å². The Kier molecular flexibility index (Phi) is 5.70. The predicted molar refractivity (Wildman–Crippen MR) is 99.9 cm³/mol. The topological polar surface area (TPSA) is 77.3 Å². The minimum absolute atomic E-state index is 0.0141. The lowest BCUT2D eigenvalue weighted by atomic mass is 10.1. The van der Waals surface area contributed by atoms with E-state index in [-0.39, 0.29) is 17.6 Å². The average Bonchev–Trinajstić information content (AvgIpc) is 3.08. The largest absolute Gasteiger partial charge is 0.490 e. The van der Waals surface area contributed by atoms with E-state index < -0.39 is 0 Å². The number of hydrogen-bond acceptors (Lipinski definition) is 6. The molecule has 0 spiro atoms. The Morgan fingerprint density at radius 1 is 1.35 bits per heavy atom. The summed E-state index contributed by atoms with van der Waals surface area (Å²) in [4.78, 5) is 27.1. The summed E-state index contributed by atoms with van der Waals surface area (Å²) < 4.78 is 11.5. The van der Waals surface area contributed by atoms with Crippen LogP contribution in [0.1, 0.15) is 47.2 Å². The van der Waals surface area contributed by atoms with Crippen molar-refractivity contribution in [2.45, 2.75) is 45.6 Å². The van der Waals surface area contributed by atoms with Gasteiger partial charge in [0.05, 0.1) is 5.69 Å². The zero-order chi connectivity index (χ0) is 18.7. The second-order valence-corrected chi connectivity index (χ2v) is 7.39. The van der Waals surface area contributed by atoms with Gasteiger partial charge in [-0.15, -0.1) is 5.10 Å². The molecule has 1 fully saturated rings. The summed E-state index contributed by atoms with van der Waals surface area (Å²) in [5, 5.41) is 4.08. The Morgan fingerprint density at radius 3 is 2.73 bits per heavy atom. The molecule has 1 aliphatic rings. The van der Waals surface area contributed by atoms with Crippen LogP contribution in [0.3, 0.4) is 0 Å². The van der Waals surface area contributed by atoms with Gasteiger partial charge in [-0.2, -0.15) is 0 Å². The number of aromatic nitrogens is 3. The zero-order valence-corrected chi connectivity index (χ0v) is 16.2. The quantitative estimate of drug-likeness (QED) is 0.799. The molecule has 0 radical (unpaired) electrons. The highest BCUT2D eigenvalue weighted by atomic mass is 32.1. The lowest BCUT2D eigenvalue weighted by Gasteiger charge is -2.32. The Balaban J connectivity index is 1.60. The molecule has 0 aromatic carbocycles. The fourth-order valence-corrected chi connectivity index (χ4v) is 3.77. The fourth-order valence-electron chi connectivity index (χ4n) is 3.09. The maximum atomic E-state index is 12.7. The number of nitrogens with zero attached hydrogens (tertiary/aromatic N) is 4. The van der Waals surface area contributed by atoms with E-state index in [1.54, 1.807) is 11.6 Å². The van der Waals surface area contributed by atoms with Gasteiger partial charge < -0.3 is 14.2 Å². The first kappa shape index (κ1) is 18.6. The van der Waals surface area contributed by atoms with Gasteiger partial charge >= 0.3 is 0 Å². The average molecular weight is 376 g/mol. The first-order valence-electron chi connectivity index (χ1n) is 8.94. The van der Waals surface area contributed by atoms with Crippen molar-refractivity contribution in [2.24, 2.45) is 7.05 Å². The van der Waals surface area contributed by atoms with E-state index in [2.05, 4.69) is 16.5 Å². The zero-order valence-electron chi connectivity index (χ0n) is 15.4. The summed E-state index contributed by atoms with van der Waals surface area (Å²) in [5.41, 5.74) is 1.59. The van der Waals surface area contributed by atoms with Gasteiger partial charge in [-0.25, -0.2) is 0 Å². The molecule has 26 heavy (non-hydrogen) atoms. The summed E-state index contributed by atoms with van der Waals surface area (Å²) in [7, 11) is 1.74. The number of carbonyl (C=O) groups excluding carboxylic acids is 1. The van der Waals surface area contributed by atoms with Gasteiger partial charge in [0, 0.05) is 44.7 Å². The molecule has 8 heteroatoms. The van der Waals surface area contributed by atoms with E-state index in [0.717, 1.165) is 37.1 Å². The number of aryl methyl sites for hydroxylation is 2. The van der Waals surface area contributed by atoms with Gasteiger partial charge in [0.1, 0.15) is 16.7 Å². The molecule has 1 amide bonds. The molecule has 1 saturated heterocycles. The summed E-state index contributed by atoms with van der Waals surface area (Å²) >= 11 is 1.18. The normalized spacial score (nSPS) is 15.3. The van der Waals surface area contributed by atoms with Crippen LogP contribution in [0.4, 0.5) is 0 Å². The molecule has 3 heterocycles. The second kappa shape index (κ2) is 7.99. The van der Waals surface area contributed by atoms with Crippen molar-refractivity contribution in [3.63, 3.8) is 0 Å². The summed E-state index contributed by atoms with van der Waals surface area (Å²) in [6, 6.07) is 3.39. The van der Waals surface area contributed by atoms with Crippen LogP contribution in [-0.4, -0.2) is 44.2 Å². The van der Waals surface area contributed by atoms with Crippen LogP contribution in [0.15, 0.2) is 16.9 Å². The number of likely N-dealkylation sites (tertiary alicyclic amines) is 1. The molecule has 0 atom stereocenters. The number of pyridine rings is 1. The molecule has 2 aromatic heterocycles. The molecule has 1 aliphatic heterocycles. The van der Waals surface area contributed by atoms with E-state index in [4.69, 9.17) is 4.74 Å². The Labute approximate surface area is 156 Å². The number of ether oxygens (including phenoxy) is 1. The Morgan fingerprint density at radius 2 is 2.08 bits per heavy atom. The monoisotopic (exact) mass is 376 g/mol. The van der Waals surface area contributed by atoms with E-state index in [0.29, 0.717) is 23.7 Å². The van der Waals surface area contributed by atoms with Gasteiger partial charge in [-0.1, -0.05) is 17.8 Å². The predicted octanol–water partition coefficient (Wildman–Crippen LogP) is 2.18. The highest BCUT2D eigenvalue weighted by molar-refractivity contribution is 7.08. The fraction of sp³-hybridized carbons (Fsp3) is 0.556. The Bertz CT molecular complexity index is 837. The lowest BCUT2D eigenvalue weighted by Crippen LogP contribution is -2.41. The number of carbonyl (C=O) groups is 1. The summed E-state index contributed by atoms with van der Waals surface area (Å²) in [6.07, 6.45) is 3.22. The third-order valence-corrected chi connectivity index (χ3v) is 5.50. The molecular formula is C18H24N4O3S. The highest BCUT2D eigenvalue weighted by Crippen LogP contribution is 2.22. The standard InChI is InChI=1S/C18H24N4O3S/c1-4-5-15-17(26-20-19-15)18(24)22-8-6-13(7-9-22)25-14-10-12(2)21(3)16(23)11-14/h10-11,13H,4-9H2,1-3H3. The van der Waals surface area contributed by atoms with Crippen LogP contribution in [0.2, 0.25) is 0 Å². The Hall–Kier alpha value is -2.22. The van der Waals surface area contributed by atoms with Crippen LogP contribution >= 0.6 is 11.5 Å². The maximum absolute atomic E-state index is 12.7. The van der Waals surface area contributed by atoms with Gasteiger partial charge in [0.15, 0.2) is 0 Å². The first-order valence-corrected chi connectivity index (χ1v) is 9.71. The third-order valence-electron chi connectivity index (χ3n) is 4.75. The number of amides is 1. The van der Waals surface area contributed by atoms with Crippen molar-refractivity contribution in [1.29, 1.82) is 0 Å². The molecule has 0 N–H and O–H groups in total. The van der Waals surface area contributed by atoms with Crippen LogP contribution in [0.5, 0.6) is 5.75 Å². The smallest absolute Gasteiger partial charge is 0.267 e. The van der Waals surface area contributed by atoms with Crippen LogP contribution < -0.4 is 10.3 Å². The van der Waals surface area contributed by atoms with Crippen molar-refractivity contribution >= 4 is 17.4 Å². The summed E-state index contributed by atoms with van der Waals surface area (Å²) in [6.45, 7) is 5.22. The minimum atomic E-state index is -0.0752. The molecule has 3 rings (SSSR count). The SMILES string of the molecule is CCCc1nnsc1C(=O)N1CCC(Oc2cc(C)n(C)c(=O)c2)CC1. The van der Waals surface area contributed by atoms with Crippen LogP contribution in [-0.2, 0) is 13.5 Å². The van der Waals surface area contributed by atoms with Crippen molar-refractivity contribution in [3.8, 4) is 5.75 Å². The first-order chi connectivity index (χ1) is 12.5. The van der Waals surface area contributed by atoms with Crippen molar-refractivity contribution in [3.05, 3.63) is 38.8 Å². The van der Waals surface area contributed by atoms with Gasteiger partial charge in [-0.3, -0.25) is 9.59 Å². The number of piperidine rings is 1. The maximum Gasteiger partial charge on any atom is 0.267 e. The van der Waals surface area contributed by atoms with E-state index in [1.807, 2.05) is 17.9 Å². The molecule has 7 nitrogen and oxygen atoms in total. The van der Waals surface area contributed by atoms with E-state index in [1.165, 1.54) is 17.6 Å². The van der Waals surface area contributed by atoms with Gasteiger partial charge in [0.25, 0.3) is 11.5 Å².